The molecule has 0 bridgehead atoms. The summed E-state index contributed by atoms with van der Waals surface area (Å²) < 4.78 is 0. The van der Waals surface area contributed by atoms with E-state index < -0.39 is 0 Å². The van der Waals surface area contributed by atoms with Crippen molar-refractivity contribution in [1.29, 1.82) is 0 Å². The first-order chi connectivity index (χ1) is 10.6. The van der Waals surface area contributed by atoms with Crippen molar-refractivity contribution in [2.75, 3.05) is 20.1 Å². The molecule has 1 aromatic carbocycles. The van der Waals surface area contributed by atoms with Crippen LogP contribution in [0.1, 0.15) is 29.2 Å². The number of aryl methyl sites for hydroxylation is 1. The Hall–Kier alpha value is -1.72. The zero-order valence-corrected chi connectivity index (χ0v) is 14.2. The fraction of sp³-hybridized carbons (Fsp3) is 0.412. The van der Waals surface area contributed by atoms with Crippen LogP contribution in [0.25, 0.3) is 0 Å². The first-order valence-electron chi connectivity index (χ1n) is 7.55. The van der Waals surface area contributed by atoms with Crippen LogP contribution < -0.4 is 5.32 Å². The topological polar surface area (TPSA) is 45.2 Å². The van der Waals surface area contributed by atoms with Crippen molar-refractivity contribution in [2.45, 2.75) is 26.3 Å². The van der Waals surface area contributed by atoms with E-state index in [4.69, 9.17) is 0 Å². The van der Waals surface area contributed by atoms with Gasteiger partial charge in [-0.2, -0.15) is 0 Å². The number of nitrogens with one attached hydrogen (secondary N) is 1. The van der Waals surface area contributed by atoms with Crippen LogP contribution >= 0.6 is 11.3 Å². The highest BCUT2D eigenvalue weighted by Crippen LogP contribution is 2.19. The van der Waals surface area contributed by atoms with Gasteiger partial charge in [0.25, 0.3) is 0 Å². The molecule has 0 radical (unpaired) electrons. The summed E-state index contributed by atoms with van der Waals surface area (Å²) in [6, 6.07) is 9.66. The number of nitrogens with zero attached hydrogens (tertiary/aromatic N) is 2. The first kappa shape index (κ1) is 16.6. The second-order valence-corrected chi connectivity index (χ2v) is 6.35. The first-order valence-corrected chi connectivity index (χ1v) is 8.43. The number of carbonyl (C=O) groups is 1. The molecule has 1 atom stereocenters. The van der Waals surface area contributed by atoms with Crippen LogP contribution in [0, 0.1) is 6.92 Å². The maximum absolute atomic E-state index is 12.6. The normalized spacial score (nSPS) is 12.4. The summed E-state index contributed by atoms with van der Waals surface area (Å²) in [5, 5.41) is 6.15. The Morgan fingerprint density at radius 3 is 2.68 bits per heavy atom. The fourth-order valence-electron chi connectivity index (χ4n) is 2.36. The molecule has 0 aliphatic carbocycles. The van der Waals surface area contributed by atoms with Crippen LogP contribution in [0.2, 0.25) is 0 Å². The molecule has 0 spiro atoms. The van der Waals surface area contributed by atoms with Gasteiger partial charge in [-0.15, -0.1) is 11.3 Å². The number of amides is 1. The van der Waals surface area contributed by atoms with Crippen LogP contribution in [0.4, 0.5) is 0 Å². The lowest BCUT2D eigenvalue weighted by atomic mass is 10.0. The van der Waals surface area contributed by atoms with Gasteiger partial charge < -0.3 is 5.32 Å². The van der Waals surface area contributed by atoms with Gasteiger partial charge >= 0.3 is 0 Å². The summed E-state index contributed by atoms with van der Waals surface area (Å²) in [7, 11) is 1.97. The molecule has 0 aliphatic rings. The highest BCUT2D eigenvalue weighted by Gasteiger charge is 2.23. The average molecular weight is 317 g/mol. The zero-order chi connectivity index (χ0) is 15.9. The molecule has 0 fully saturated rings. The highest BCUT2D eigenvalue weighted by atomic mass is 32.1. The van der Waals surface area contributed by atoms with E-state index in [2.05, 4.69) is 22.1 Å². The van der Waals surface area contributed by atoms with Gasteiger partial charge in [-0.1, -0.05) is 37.3 Å². The SMILES string of the molecule is CCN(C)[C@H](C(=O)NCCc1csc(C)n1)c1ccccc1. The number of benzene rings is 1. The van der Waals surface area contributed by atoms with Gasteiger partial charge in [0.05, 0.1) is 10.7 Å². The molecule has 1 amide bonds. The number of carbonyl (C=O) groups excluding carboxylic acids is 1. The average Bonchev–Trinajstić information content (AvgIpc) is 2.94. The molecular weight excluding hydrogens is 294 g/mol. The quantitative estimate of drug-likeness (QED) is 0.854. The van der Waals surface area contributed by atoms with Crippen LogP contribution in [0.3, 0.4) is 0 Å². The van der Waals surface area contributed by atoms with E-state index in [1.165, 1.54) is 0 Å². The number of thiazole rings is 1. The molecule has 5 heteroatoms. The smallest absolute Gasteiger partial charge is 0.241 e. The summed E-state index contributed by atoms with van der Waals surface area (Å²) >= 11 is 1.64. The zero-order valence-electron chi connectivity index (χ0n) is 13.4. The van der Waals surface area contributed by atoms with Gasteiger partial charge in [-0.05, 0) is 26.1 Å². The third-order valence-corrected chi connectivity index (χ3v) is 4.47. The van der Waals surface area contributed by atoms with E-state index in [0.29, 0.717) is 6.54 Å². The van der Waals surface area contributed by atoms with Crippen molar-refractivity contribution in [2.24, 2.45) is 0 Å². The number of rotatable bonds is 7. The monoisotopic (exact) mass is 317 g/mol. The van der Waals surface area contributed by atoms with Gasteiger partial charge in [0, 0.05) is 18.3 Å². The van der Waals surface area contributed by atoms with Gasteiger partial charge in [-0.25, -0.2) is 4.98 Å². The summed E-state index contributed by atoms with van der Waals surface area (Å²) in [5.41, 5.74) is 2.07. The third-order valence-electron chi connectivity index (χ3n) is 3.65. The predicted molar refractivity (Wildman–Crippen MR) is 91.1 cm³/mol. The van der Waals surface area contributed by atoms with Crippen molar-refractivity contribution in [3.63, 3.8) is 0 Å². The van der Waals surface area contributed by atoms with Gasteiger partial charge in [-0.3, -0.25) is 9.69 Å². The molecule has 0 saturated carbocycles. The second kappa shape index (κ2) is 8.06. The Bertz CT molecular complexity index is 597. The van der Waals surface area contributed by atoms with E-state index in [1.807, 2.05) is 49.7 Å². The largest absolute Gasteiger partial charge is 0.354 e. The molecule has 0 unspecified atom stereocenters. The molecule has 1 N–H and O–H groups in total. The Balaban J connectivity index is 1.97. The summed E-state index contributed by atoms with van der Waals surface area (Å²) in [6.07, 6.45) is 0.771. The van der Waals surface area contributed by atoms with Crippen LogP contribution in [0.5, 0.6) is 0 Å². The minimum atomic E-state index is -0.247. The lowest BCUT2D eigenvalue weighted by Crippen LogP contribution is -2.39. The Kier molecular flexibility index (Phi) is 6.10. The molecule has 1 heterocycles. The summed E-state index contributed by atoms with van der Waals surface area (Å²) in [4.78, 5) is 19.0. The number of hydrogen-bond donors (Lipinski definition) is 1. The minimum absolute atomic E-state index is 0.0440. The van der Waals surface area contributed by atoms with E-state index in [0.717, 1.165) is 29.2 Å². The molecular formula is C17H23N3OS. The van der Waals surface area contributed by atoms with Crippen molar-refractivity contribution in [1.82, 2.24) is 15.2 Å². The van der Waals surface area contributed by atoms with E-state index in [1.54, 1.807) is 11.3 Å². The highest BCUT2D eigenvalue weighted by molar-refractivity contribution is 7.09. The van der Waals surface area contributed by atoms with E-state index in [-0.39, 0.29) is 11.9 Å². The lowest BCUT2D eigenvalue weighted by molar-refractivity contribution is -0.126. The van der Waals surface area contributed by atoms with Gasteiger partial charge in [0.1, 0.15) is 6.04 Å². The van der Waals surface area contributed by atoms with Gasteiger partial charge in [0.2, 0.25) is 5.91 Å². The Morgan fingerprint density at radius 2 is 2.09 bits per heavy atom. The Labute approximate surface area is 136 Å². The molecule has 0 saturated heterocycles. The lowest BCUT2D eigenvalue weighted by Gasteiger charge is -2.26. The number of hydrogen-bond acceptors (Lipinski definition) is 4. The van der Waals surface area contributed by atoms with Crippen LogP contribution in [-0.4, -0.2) is 35.9 Å². The minimum Gasteiger partial charge on any atom is -0.354 e. The summed E-state index contributed by atoms with van der Waals surface area (Å²) in [5.74, 6) is 0.0440. The molecule has 22 heavy (non-hydrogen) atoms. The molecule has 4 nitrogen and oxygen atoms in total. The van der Waals surface area contributed by atoms with Gasteiger partial charge in [0.15, 0.2) is 0 Å². The summed E-state index contributed by atoms with van der Waals surface area (Å²) in [6.45, 7) is 5.48. The second-order valence-electron chi connectivity index (χ2n) is 5.29. The molecule has 1 aromatic heterocycles. The van der Waals surface area contributed by atoms with Crippen molar-refractivity contribution < 1.29 is 4.79 Å². The van der Waals surface area contributed by atoms with Crippen molar-refractivity contribution in [3.8, 4) is 0 Å². The number of likely N-dealkylation sites (N-methyl/N-ethyl adjacent to an activating group) is 1. The maximum Gasteiger partial charge on any atom is 0.241 e. The predicted octanol–water partition coefficient (Wildman–Crippen LogP) is 2.80. The maximum atomic E-state index is 12.6. The fourth-order valence-corrected chi connectivity index (χ4v) is 3.00. The van der Waals surface area contributed by atoms with E-state index >= 15 is 0 Å². The molecule has 118 valence electrons. The molecule has 2 aromatic rings. The van der Waals surface area contributed by atoms with Crippen molar-refractivity contribution >= 4 is 17.2 Å². The number of aromatic nitrogens is 1. The van der Waals surface area contributed by atoms with Crippen LogP contribution in [0.15, 0.2) is 35.7 Å². The van der Waals surface area contributed by atoms with E-state index in [9.17, 15) is 4.79 Å². The van der Waals surface area contributed by atoms with Crippen molar-refractivity contribution in [3.05, 3.63) is 52.0 Å². The third kappa shape index (κ3) is 4.39. The standard InChI is InChI=1S/C17H23N3OS/c1-4-20(3)16(14-8-6-5-7-9-14)17(21)18-11-10-15-12-22-13(2)19-15/h5-9,12,16H,4,10-11H2,1-3H3,(H,18,21)/t16-/m0/s1. The molecule has 2 rings (SSSR count). The molecule has 0 aliphatic heterocycles. The van der Waals surface area contributed by atoms with Crippen LogP contribution in [-0.2, 0) is 11.2 Å². The Morgan fingerprint density at radius 1 is 1.36 bits per heavy atom.